The van der Waals surface area contributed by atoms with Crippen LogP contribution < -0.4 is 0 Å². The molecule has 1 aliphatic rings. The first kappa shape index (κ1) is 9.10. The van der Waals surface area contributed by atoms with Crippen LogP contribution in [0.3, 0.4) is 0 Å². The van der Waals surface area contributed by atoms with E-state index < -0.39 is 0 Å². The van der Waals surface area contributed by atoms with Crippen LogP contribution in [0.25, 0.3) is 0 Å². The maximum atomic E-state index is 11.2. The summed E-state index contributed by atoms with van der Waals surface area (Å²) < 4.78 is 4.96. The van der Waals surface area contributed by atoms with Gasteiger partial charge in [0.2, 0.25) is 0 Å². The van der Waals surface area contributed by atoms with Gasteiger partial charge in [-0.05, 0) is 31.8 Å². The van der Waals surface area contributed by atoms with Crippen molar-refractivity contribution in [2.75, 3.05) is 6.61 Å². The summed E-state index contributed by atoms with van der Waals surface area (Å²) in [5.41, 5.74) is 0. The lowest BCUT2D eigenvalue weighted by atomic mass is 10.00. The number of carbonyl (C=O) groups is 1. The molecule has 1 rings (SSSR count). The highest BCUT2D eigenvalue weighted by Crippen LogP contribution is 2.18. The van der Waals surface area contributed by atoms with Gasteiger partial charge in [0.05, 0.1) is 18.8 Å². The number of cyclic esters (lactones) is 1. The lowest BCUT2D eigenvalue weighted by Crippen LogP contribution is -2.14. The third-order valence-corrected chi connectivity index (χ3v) is 2.05. The van der Waals surface area contributed by atoms with Gasteiger partial charge in [0, 0.05) is 0 Å². The molecule has 68 valence electrons. The van der Waals surface area contributed by atoms with Gasteiger partial charge in [-0.1, -0.05) is 0 Å². The molecule has 1 aliphatic heterocycles. The topological polar surface area (TPSA) is 46.5 Å². The average Bonchev–Trinajstić information content (AvgIpc) is 2.27. The summed E-state index contributed by atoms with van der Waals surface area (Å²) in [7, 11) is 0. The van der Waals surface area contributed by atoms with Crippen LogP contribution in [0.5, 0.6) is 0 Å². The van der Waals surface area contributed by atoms with Crippen molar-refractivity contribution in [3.05, 3.63) is 12.3 Å². The number of carbonyl (C=O) groups excluding carboxylic acids is 1. The predicted octanol–water partition coefficient (Wildman–Crippen LogP) is 1.79. The van der Waals surface area contributed by atoms with Gasteiger partial charge in [0.25, 0.3) is 0 Å². The molecule has 1 atom stereocenters. The van der Waals surface area contributed by atoms with Crippen LogP contribution in [-0.4, -0.2) is 17.7 Å². The number of hydrogen-bond donors (Lipinski definition) is 1. The number of esters is 1. The van der Waals surface area contributed by atoms with Crippen LogP contribution in [0.2, 0.25) is 0 Å². The zero-order valence-corrected chi connectivity index (χ0v) is 7.03. The van der Waals surface area contributed by atoms with Crippen molar-refractivity contribution in [3.8, 4) is 0 Å². The zero-order chi connectivity index (χ0) is 8.81. The molecule has 1 saturated heterocycles. The van der Waals surface area contributed by atoms with Gasteiger partial charge in [-0.15, -0.1) is 0 Å². The summed E-state index contributed by atoms with van der Waals surface area (Å²) >= 11 is 0. The van der Waals surface area contributed by atoms with Gasteiger partial charge >= 0.3 is 5.97 Å². The maximum absolute atomic E-state index is 11.2. The summed E-state index contributed by atoms with van der Waals surface area (Å²) in [5, 5.41) is 8.42. The summed E-state index contributed by atoms with van der Waals surface area (Å²) in [6, 6.07) is 0. The van der Waals surface area contributed by atoms with Crippen molar-refractivity contribution in [2.24, 2.45) is 5.92 Å². The van der Waals surface area contributed by atoms with Crippen molar-refractivity contribution >= 4 is 5.97 Å². The molecule has 3 nitrogen and oxygen atoms in total. The molecule has 0 aromatic carbocycles. The molecular formula is C9H14O3. The van der Waals surface area contributed by atoms with E-state index in [0.717, 1.165) is 25.5 Å². The molecule has 0 radical (unpaired) electrons. The number of ether oxygens (including phenoxy) is 1. The second kappa shape index (κ2) is 4.80. The summed E-state index contributed by atoms with van der Waals surface area (Å²) in [4.78, 5) is 11.2. The van der Waals surface area contributed by atoms with Crippen LogP contribution >= 0.6 is 0 Å². The molecule has 12 heavy (non-hydrogen) atoms. The van der Waals surface area contributed by atoms with E-state index >= 15 is 0 Å². The quantitative estimate of drug-likeness (QED) is 0.507. The third-order valence-electron chi connectivity index (χ3n) is 2.05. The van der Waals surface area contributed by atoms with Crippen molar-refractivity contribution in [1.82, 2.24) is 0 Å². The molecule has 3 heteroatoms. The highest BCUT2D eigenvalue weighted by Gasteiger charge is 2.20. The van der Waals surface area contributed by atoms with E-state index in [1.807, 2.05) is 0 Å². The van der Waals surface area contributed by atoms with E-state index in [9.17, 15) is 4.79 Å². The van der Waals surface area contributed by atoms with Crippen LogP contribution in [0, 0.1) is 5.92 Å². The van der Waals surface area contributed by atoms with E-state index in [2.05, 4.69) is 0 Å². The first-order valence-electron chi connectivity index (χ1n) is 4.30. The van der Waals surface area contributed by atoms with E-state index in [1.165, 1.54) is 0 Å². The Bertz CT molecular complexity index is 175. The minimum Gasteiger partial charge on any atom is -0.516 e. The molecule has 1 N–H and O–H groups in total. The minimum absolute atomic E-state index is 0.0455. The number of rotatable bonds is 2. The van der Waals surface area contributed by atoms with Gasteiger partial charge in [0.1, 0.15) is 0 Å². The number of allylic oxidation sites excluding steroid dienone is 1. The van der Waals surface area contributed by atoms with E-state index in [1.54, 1.807) is 6.08 Å². The smallest absolute Gasteiger partial charge is 0.309 e. The Kier molecular flexibility index (Phi) is 3.64. The number of hydrogen-bond acceptors (Lipinski definition) is 3. The predicted molar refractivity (Wildman–Crippen MR) is 44.7 cm³/mol. The summed E-state index contributed by atoms with van der Waals surface area (Å²) in [6.07, 6.45) is 6.05. The van der Waals surface area contributed by atoms with Gasteiger partial charge in [0.15, 0.2) is 0 Å². The van der Waals surface area contributed by atoms with Crippen molar-refractivity contribution in [2.45, 2.75) is 25.7 Å². The minimum atomic E-state index is -0.120. The van der Waals surface area contributed by atoms with E-state index in [4.69, 9.17) is 9.84 Å². The van der Waals surface area contributed by atoms with E-state index in [-0.39, 0.29) is 11.9 Å². The summed E-state index contributed by atoms with van der Waals surface area (Å²) in [5.74, 6) is -0.165. The standard InChI is InChI=1S/C9H14O3/c10-6-3-5-8-4-1-2-7-12-9(8)11/h3,6,8,10H,1-2,4-5,7H2. The normalized spacial score (nSPS) is 25.3. The fourth-order valence-electron chi connectivity index (χ4n) is 1.34. The SMILES string of the molecule is O=C1OCCCCC1CC=CO. The molecule has 0 aromatic heterocycles. The Balaban J connectivity index is 2.42. The lowest BCUT2D eigenvalue weighted by Gasteiger charge is -2.07. The van der Waals surface area contributed by atoms with Crippen molar-refractivity contribution in [1.29, 1.82) is 0 Å². The number of aliphatic hydroxyl groups excluding tert-OH is 1. The highest BCUT2D eigenvalue weighted by molar-refractivity contribution is 5.72. The number of aliphatic hydroxyl groups is 1. The van der Waals surface area contributed by atoms with Crippen LogP contribution in [0.4, 0.5) is 0 Å². The van der Waals surface area contributed by atoms with E-state index in [0.29, 0.717) is 13.0 Å². The largest absolute Gasteiger partial charge is 0.516 e. The van der Waals surface area contributed by atoms with Crippen LogP contribution in [0.15, 0.2) is 12.3 Å². The molecular weight excluding hydrogens is 156 g/mol. The molecule has 0 saturated carbocycles. The molecule has 0 bridgehead atoms. The molecule has 1 fully saturated rings. The Hall–Kier alpha value is -0.990. The second-order valence-electron chi connectivity index (χ2n) is 2.98. The van der Waals surface area contributed by atoms with Crippen LogP contribution in [-0.2, 0) is 9.53 Å². The zero-order valence-electron chi connectivity index (χ0n) is 7.03. The first-order chi connectivity index (χ1) is 5.84. The lowest BCUT2D eigenvalue weighted by molar-refractivity contribution is -0.147. The fraction of sp³-hybridized carbons (Fsp3) is 0.667. The molecule has 0 spiro atoms. The first-order valence-corrected chi connectivity index (χ1v) is 4.30. The Morgan fingerprint density at radius 3 is 3.17 bits per heavy atom. The van der Waals surface area contributed by atoms with Crippen molar-refractivity contribution in [3.63, 3.8) is 0 Å². The summed E-state index contributed by atoms with van der Waals surface area (Å²) in [6.45, 7) is 0.554. The van der Waals surface area contributed by atoms with Gasteiger partial charge < -0.3 is 9.84 Å². The molecule has 1 heterocycles. The van der Waals surface area contributed by atoms with Crippen molar-refractivity contribution < 1.29 is 14.6 Å². The molecule has 1 unspecified atom stereocenters. The van der Waals surface area contributed by atoms with Gasteiger partial charge in [-0.25, -0.2) is 0 Å². The molecule has 0 aliphatic carbocycles. The Morgan fingerprint density at radius 1 is 1.58 bits per heavy atom. The monoisotopic (exact) mass is 170 g/mol. The third kappa shape index (κ3) is 2.57. The Morgan fingerprint density at radius 2 is 2.42 bits per heavy atom. The average molecular weight is 170 g/mol. The fourth-order valence-corrected chi connectivity index (χ4v) is 1.34. The van der Waals surface area contributed by atoms with Crippen LogP contribution in [0.1, 0.15) is 25.7 Å². The molecule has 0 amide bonds. The van der Waals surface area contributed by atoms with Gasteiger partial charge in [-0.3, -0.25) is 4.79 Å². The Labute approximate surface area is 72.0 Å². The van der Waals surface area contributed by atoms with Gasteiger partial charge in [-0.2, -0.15) is 0 Å². The second-order valence-corrected chi connectivity index (χ2v) is 2.98. The maximum Gasteiger partial charge on any atom is 0.309 e. The highest BCUT2D eigenvalue weighted by atomic mass is 16.5. The molecule has 0 aromatic rings.